The average Bonchev–Trinajstić information content (AvgIpc) is 2.45. The summed E-state index contributed by atoms with van der Waals surface area (Å²) in [6.45, 7) is 11.0. The van der Waals surface area contributed by atoms with Crippen LogP contribution in [-0.2, 0) is 11.0 Å². The van der Waals surface area contributed by atoms with Crippen molar-refractivity contribution in [2.75, 3.05) is 13.2 Å². The predicted molar refractivity (Wildman–Crippen MR) is 84.4 cm³/mol. The minimum Gasteiger partial charge on any atom is -0.408 e. The second kappa shape index (κ2) is 9.78. The van der Waals surface area contributed by atoms with Crippen LogP contribution >= 0.6 is 0 Å². The van der Waals surface area contributed by atoms with Crippen LogP contribution in [0, 0.1) is 0 Å². The van der Waals surface area contributed by atoms with Crippen LogP contribution < -0.4 is 4.98 Å². The zero-order chi connectivity index (χ0) is 13.9. The Kier molecular flexibility index (Phi) is 8.21. The third kappa shape index (κ3) is 6.57. The van der Waals surface area contributed by atoms with Gasteiger partial charge in [0.25, 0.3) is 0 Å². The van der Waals surface area contributed by atoms with E-state index in [-0.39, 0.29) is 0 Å². The normalized spacial score (nSPS) is 12.7. The van der Waals surface area contributed by atoms with E-state index < -0.39 is 9.92 Å². The molecule has 1 aromatic carbocycles. The van der Waals surface area contributed by atoms with Gasteiger partial charge in [-0.25, -0.2) is 0 Å². The summed E-state index contributed by atoms with van der Waals surface area (Å²) >= 11 is 0. The van der Waals surface area contributed by atoms with Crippen molar-refractivity contribution in [3.63, 3.8) is 0 Å². The summed E-state index contributed by atoms with van der Waals surface area (Å²) < 4.78 is 5.66. The van der Waals surface area contributed by atoms with Crippen LogP contribution in [0.25, 0.3) is 0 Å². The molecule has 4 heteroatoms. The molecule has 1 atom stereocenters. The number of benzene rings is 1. The van der Waals surface area contributed by atoms with Gasteiger partial charge >= 0.3 is 0 Å². The Balaban J connectivity index is 2.31. The number of hydrogen-bond acceptors (Lipinski definition) is 3. The Labute approximate surface area is 119 Å². The molecule has 0 bridgehead atoms. The largest absolute Gasteiger partial charge is 0.408 e. The van der Waals surface area contributed by atoms with E-state index in [4.69, 9.17) is 4.43 Å². The standard InChI is InChI=1S/C15H26N2OSi/c1-4-16-19-18-12-11-14(3)17(5-2)13-15-9-7-6-8-10-15/h5-10,14,16H,2,4,11-13,19H2,1,3H3. The van der Waals surface area contributed by atoms with Gasteiger partial charge in [0.05, 0.1) is 0 Å². The number of hydrogen-bond donors (Lipinski definition) is 1. The molecular weight excluding hydrogens is 252 g/mol. The van der Waals surface area contributed by atoms with Gasteiger partial charge in [0.2, 0.25) is 9.92 Å². The van der Waals surface area contributed by atoms with Gasteiger partial charge in [-0.2, -0.15) is 0 Å². The highest BCUT2D eigenvalue weighted by atomic mass is 28.2. The lowest BCUT2D eigenvalue weighted by atomic mass is 10.1. The van der Waals surface area contributed by atoms with Crippen LogP contribution in [0.5, 0.6) is 0 Å². The van der Waals surface area contributed by atoms with Crippen LogP contribution in [-0.4, -0.2) is 34.0 Å². The minimum absolute atomic E-state index is 0.452. The molecular formula is C15H26N2OSi. The molecule has 0 aliphatic rings. The fourth-order valence-corrected chi connectivity index (χ4v) is 2.52. The number of rotatable bonds is 10. The zero-order valence-electron chi connectivity index (χ0n) is 12.1. The van der Waals surface area contributed by atoms with Gasteiger partial charge in [-0.05, 0) is 31.7 Å². The SMILES string of the molecule is C=CN(Cc1ccccc1)C(C)CCO[SiH2]NCC. The van der Waals surface area contributed by atoms with E-state index in [1.165, 1.54) is 5.56 Å². The molecule has 1 N–H and O–H groups in total. The average molecular weight is 278 g/mol. The molecule has 3 nitrogen and oxygen atoms in total. The van der Waals surface area contributed by atoms with Crippen molar-refractivity contribution in [1.82, 2.24) is 9.88 Å². The minimum atomic E-state index is -0.514. The smallest absolute Gasteiger partial charge is 0.235 e. The van der Waals surface area contributed by atoms with Crippen LogP contribution in [0.2, 0.25) is 0 Å². The van der Waals surface area contributed by atoms with Gasteiger partial charge in [-0.1, -0.05) is 43.8 Å². The first-order valence-electron chi connectivity index (χ1n) is 6.98. The van der Waals surface area contributed by atoms with Crippen molar-refractivity contribution in [3.05, 3.63) is 48.7 Å². The van der Waals surface area contributed by atoms with E-state index >= 15 is 0 Å². The van der Waals surface area contributed by atoms with Crippen LogP contribution in [0.3, 0.4) is 0 Å². The summed E-state index contributed by atoms with van der Waals surface area (Å²) in [4.78, 5) is 5.56. The molecule has 0 heterocycles. The number of nitrogens with one attached hydrogen (secondary N) is 1. The maximum Gasteiger partial charge on any atom is 0.235 e. The molecule has 0 amide bonds. The molecule has 0 aliphatic heterocycles. The van der Waals surface area contributed by atoms with Crippen LogP contribution in [0.4, 0.5) is 0 Å². The van der Waals surface area contributed by atoms with Crippen molar-refractivity contribution in [2.24, 2.45) is 0 Å². The molecule has 0 aromatic heterocycles. The molecule has 106 valence electrons. The van der Waals surface area contributed by atoms with Crippen molar-refractivity contribution in [2.45, 2.75) is 32.9 Å². The lowest BCUT2D eigenvalue weighted by molar-refractivity contribution is 0.224. The lowest BCUT2D eigenvalue weighted by Crippen LogP contribution is -2.30. The first-order valence-corrected chi connectivity index (χ1v) is 8.27. The third-order valence-electron chi connectivity index (χ3n) is 3.14. The Bertz CT molecular complexity index is 345. The summed E-state index contributed by atoms with van der Waals surface area (Å²) in [6.07, 6.45) is 2.97. The summed E-state index contributed by atoms with van der Waals surface area (Å²) in [5.41, 5.74) is 1.32. The molecule has 0 saturated carbocycles. The number of nitrogens with zero attached hydrogens (tertiary/aromatic N) is 1. The highest BCUT2D eigenvalue weighted by Gasteiger charge is 2.09. The fraction of sp³-hybridized carbons (Fsp3) is 0.467. The summed E-state index contributed by atoms with van der Waals surface area (Å²) in [6, 6.07) is 11.0. The van der Waals surface area contributed by atoms with Gasteiger partial charge in [0, 0.05) is 19.2 Å². The van der Waals surface area contributed by atoms with Crippen molar-refractivity contribution in [3.8, 4) is 0 Å². The molecule has 0 saturated heterocycles. The molecule has 19 heavy (non-hydrogen) atoms. The van der Waals surface area contributed by atoms with E-state index in [1.807, 2.05) is 12.3 Å². The summed E-state index contributed by atoms with van der Waals surface area (Å²) in [5.74, 6) is 0. The molecule has 1 rings (SSSR count). The highest BCUT2D eigenvalue weighted by molar-refractivity contribution is 6.23. The second-order valence-electron chi connectivity index (χ2n) is 4.63. The van der Waals surface area contributed by atoms with Gasteiger partial charge < -0.3 is 14.3 Å². The first kappa shape index (κ1) is 16.0. The van der Waals surface area contributed by atoms with E-state index in [0.717, 1.165) is 26.1 Å². The van der Waals surface area contributed by atoms with Gasteiger partial charge in [-0.15, -0.1) is 0 Å². The molecule has 0 aliphatic carbocycles. The van der Waals surface area contributed by atoms with Crippen molar-refractivity contribution < 1.29 is 4.43 Å². The van der Waals surface area contributed by atoms with E-state index in [9.17, 15) is 0 Å². The molecule has 0 spiro atoms. The van der Waals surface area contributed by atoms with Crippen LogP contribution in [0.15, 0.2) is 43.1 Å². The van der Waals surface area contributed by atoms with Crippen molar-refractivity contribution >= 4 is 9.92 Å². The Morgan fingerprint density at radius 3 is 2.79 bits per heavy atom. The van der Waals surface area contributed by atoms with Gasteiger partial charge in [0.1, 0.15) is 0 Å². The Morgan fingerprint density at radius 1 is 1.42 bits per heavy atom. The highest BCUT2D eigenvalue weighted by Crippen LogP contribution is 2.10. The Morgan fingerprint density at radius 2 is 2.16 bits per heavy atom. The Hall–Kier alpha value is -1.10. The zero-order valence-corrected chi connectivity index (χ0v) is 13.6. The lowest BCUT2D eigenvalue weighted by Gasteiger charge is -2.27. The summed E-state index contributed by atoms with van der Waals surface area (Å²) in [7, 11) is -0.514. The third-order valence-corrected chi connectivity index (χ3v) is 4.34. The van der Waals surface area contributed by atoms with Gasteiger partial charge in [-0.3, -0.25) is 0 Å². The molecule has 1 unspecified atom stereocenters. The van der Waals surface area contributed by atoms with E-state index in [2.05, 4.69) is 54.6 Å². The second-order valence-corrected chi connectivity index (χ2v) is 5.83. The first-order chi connectivity index (χ1) is 9.27. The maximum absolute atomic E-state index is 5.66. The van der Waals surface area contributed by atoms with E-state index in [1.54, 1.807) is 0 Å². The van der Waals surface area contributed by atoms with Crippen molar-refractivity contribution in [1.29, 1.82) is 0 Å². The molecule has 0 fully saturated rings. The molecule has 0 radical (unpaired) electrons. The monoisotopic (exact) mass is 278 g/mol. The van der Waals surface area contributed by atoms with E-state index in [0.29, 0.717) is 6.04 Å². The predicted octanol–water partition coefficient (Wildman–Crippen LogP) is 2.04. The van der Waals surface area contributed by atoms with Crippen LogP contribution in [0.1, 0.15) is 25.8 Å². The fourth-order valence-electron chi connectivity index (χ4n) is 1.86. The quantitative estimate of drug-likeness (QED) is 0.523. The molecule has 1 aromatic rings. The summed E-state index contributed by atoms with van der Waals surface area (Å²) in [5, 5.41) is 0. The maximum atomic E-state index is 5.66. The topological polar surface area (TPSA) is 24.5 Å². The van der Waals surface area contributed by atoms with Gasteiger partial charge in [0.15, 0.2) is 0 Å².